The summed E-state index contributed by atoms with van der Waals surface area (Å²) >= 11 is 0. The normalized spacial score (nSPS) is 14.0. The Balaban J connectivity index is 2.80. The minimum Gasteiger partial charge on any atom is -0.480 e. The first-order chi connectivity index (χ1) is 13.1. The highest BCUT2D eigenvalue weighted by Crippen LogP contribution is 2.07. The molecule has 9 heteroatoms. The van der Waals surface area contributed by atoms with Crippen LogP contribution in [0.2, 0.25) is 0 Å². The van der Waals surface area contributed by atoms with E-state index in [1.54, 1.807) is 0 Å². The van der Waals surface area contributed by atoms with Crippen molar-refractivity contribution in [1.29, 1.82) is 0 Å². The number of rotatable bonds is 11. The number of carbonyl (C=O) groups excluding carboxylic acids is 3. The number of hydrogen-bond acceptors (Lipinski definition) is 5. The van der Waals surface area contributed by atoms with Crippen LogP contribution in [-0.2, 0) is 25.6 Å². The van der Waals surface area contributed by atoms with Crippen LogP contribution in [0.1, 0.15) is 32.3 Å². The molecule has 0 aliphatic rings. The van der Waals surface area contributed by atoms with Crippen molar-refractivity contribution in [2.24, 2.45) is 17.4 Å². The van der Waals surface area contributed by atoms with Gasteiger partial charge in [0.2, 0.25) is 17.7 Å². The van der Waals surface area contributed by atoms with Crippen molar-refractivity contribution in [1.82, 2.24) is 10.6 Å². The van der Waals surface area contributed by atoms with Crippen LogP contribution in [0.3, 0.4) is 0 Å². The fraction of sp³-hybridized carbons (Fsp3) is 0.474. The number of nitrogens with two attached hydrogens (primary N) is 2. The lowest BCUT2D eigenvalue weighted by Crippen LogP contribution is -2.55. The van der Waals surface area contributed by atoms with Crippen LogP contribution in [0, 0.1) is 5.92 Å². The summed E-state index contributed by atoms with van der Waals surface area (Å²) in [6.07, 6.45) is -0.0296. The van der Waals surface area contributed by atoms with Crippen LogP contribution in [0.5, 0.6) is 0 Å². The van der Waals surface area contributed by atoms with Crippen molar-refractivity contribution in [2.75, 3.05) is 0 Å². The zero-order valence-corrected chi connectivity index (χ0v) is 16.1. The molecule has 1 aromatic rings. The highest BCUT2D eigenvalue weighted by molar-refractivity contribution is 5.94. The average molecular weight is 392 g/mol. The Morgan fingerprint density at radius 2 is 1.57 bits per heavy atom. The fourth-order valence-electron chi connectivity index (χ4n) is 2.62. The molecule has 9 nitrogen and oxygen atoms in total. The molecule has 0 fully saturated rings. The van der Waals surface area contributed by atoms with E-state index in [0.29, 0.717) is 0 Å². The molecule has 0 aliphatic carbocycles. The zero-order chi connectivity index (χ0) is 21.3. The van der Waals surface area contributed by atoms with Gasteiger partial charge in [-0.05, 0) is 24.3 Å². The molecular weight excluding hydrogens is 364 g/mol. The summed E-state index contributed by atoms with van der Waals surface area (Å²) in [6, 6.07) is 5.68. The van der Waals surface area contributed by atoms with Crippen LogP contribution in [0.15, 0.2) is 30.3 Å². The van der Waals surface area contributed by atoms with E-state index in [0.717, 1.165) is 5.56 Å². The molecule has 3 amide bonds. The van der Waals surface area contributed by atoms with Gasteiger partial charge in [0.1, 0.15) is 12.1 Å². The SMILES string of the molecule is CC(C)CC(NC(=O)C(CC(N)=O)NC(=O)C(N)Cc1ccccc1)C(=O)O. The molecule has 28 heavy (non-hydrogen) atoms. The van der Waals surface area contributed by atoms with Gasteiger partial charge in [-0.2, -0.15) is 0 Å². The molecular formula is C19H28N4O5. The first kappa shape index (κ1) is 23.1. The Morgan fingerprint density at radius 3 is 2.07 bits per heavy atom. The van der Waals surface area contributed by atoms with E-state index in [4.69, 9.17) is 11.5 Å². The van der Waals surface area contributed by atoms with E-state index in [-0.39, 0.29) is 18.8 Å². The summed E-state index contributed by atoms with van der Waals surface area (Å²) in [4.78, 5) is 47.4. The first-order valence-electron chi connectivity index (χ1n) is 9.01. The van der Waals surface area contributed by atoms with E-state index in [9.17, 15) is 24.3 Å². The quantitative estimate of drug-likeness (QED) is 0.342. The molecule has 3 unspecified atom stereocenters. The maximum absolute atomic E-state index is 12.5. The van der Waals surface area contributed by atoms with Crippen molar-refractivity contribution in [3.8, 4) is 0 Å². The van der Waals surface area contributed by atoms with Crippen LogP contribution in [0.4, 0.5) is 0 Å². The summed E-state index contributed by atoms with van der Waals surface area (Å²) in [5.74, 6) is -3.43. The number of primary amides is 1. The molecule has 154 valence electrons. The Labute approximate surface area is 163 Å². The lowest BCUT2D eigenvalue weighted by molar-refractivity contribution is -0.142. The molecule has 1 aromatic carbocycles. The predicted molar refractivity (Wildman–Crippen MR) is 103 cm³/mol. The first-order valence-corrected chi connectivity index (χ1v) is 9.01. The zero-order valence-electron chi connectivity index (χ0n) is 16.1. The minimum absolute atomic E-state index is 0.0184. The Hall–Kier alpha value is -2.94. The standard InChI is InChI=1S/C19H28N4O5/c1-11(2)8-15(19(27)28)23-18(26)14(10-16(21)24)22-17(25)13(20)9-12-6-4-3-5-7-12/h3-7,11,13-15H,8-10,20H2,1-2H3,(H2,21,24)(H,22,25)(H,23,26)(H,27,28). The molecule has 0 aliphatic heterocycles. The van der Waals surface area contributed by atoms with Crippen molar-refractivity contribution in [3.63, 3.8) is 0 Å². The maximum atomic E-state index is 12.5. The van der Waals surface area contributed by atoms with Gasteiger partial charge in [-0.3, -0.25) is 14.4 Å². The summed E-state index contributed by atoms with van der Waals surface area (Å²) in [5.41, 5.74) is 11.9. The van der Waals surface area contributed by atoms with Crippen LogP contribution < -0.4 is 22.1 Å². The van der Waals surface area contributed by atoms with E-state index in [1.165, 1.54) is 0 Å². The van der Waals surface area contributed by atoms with Crippen molar-refractivity contribution in [3.05, 3.63) is 35.9 Å². The lowest BCUT2D eigenvalue weighted by Gasteiger charge is -2.23. The average Bonchev–Trinajstić information content (AvgIpc) is 2.60. The number of hydrogen-bond donors (Lipinski definition) is 5. The number of benzene rings is 1. The van der Waals surface area contributed by atoms with E-state index in [2.05, 4.69) is 10.6 Å². The van der Waals surface area contributed by atoms with Crippen LogP contribution in [-0.4, -0.2) is 46.9 Å². The molecule has 7 N–H and O–H groups in total. The molecule has 0 aromatic heterocycles. The largest absolute Gasteiger partial charge is 0.480 e. The van der Waals surface area contributed by atoms with Gasteiger partial charge in [0.05, 0.1) is 12.5 Å². The Morgan fingerprint density at radius 1 is 1.00 bits per heavy atom. The van der Waals surface area contributed by atoms with Crippen molar-refractivity contribution >= 4 is 23.7 Å². The monoisotopic (exact) mass is 392 g/mol. The van der Waals surface area contributed by atoms with E-state index >= 15 is 0 Å². The summed E-state index contributed by atoms with van der Waals surface area (Å²) in [6.45, 7) is 3.63. The summed E-state index contributed by atoms with van der Waals surface area (Å²) in [7, 11) is 0. The lowest BCUT2D eigenvalue weighted by atomic mass is 10.0. The van der Waals surface area contributed by atoms with E-state index in [1.807, 2.05) is 44.2 Å². The second-order valence-electron chi connectivity index (χ2n) is 7.06. The minimum atomic E-state index is -1.30. The summed E-state index contributed by atoms with van der Waals surface area (Å²) < 4.78 is 0. The van der Waals surface area contributed by atoms with E-state index < -0.39 is 48.2 Å². The number of nitrogens with one attached hydrogen (secondary N) is 2. The van der Waals surface area contributed by atoms with Gasteiger partial charge in [-0.1, -0.05) is 44.2 Å². The third-order valence-corrected chi connectivity index (χ3v) is 4.00. The molecule has 0 bridgehead atoms. The van der Waals surface area contributed by atoms with Crippen LogP contribution in [0.25, 0.3) is 0 Å². The van der Waals surface area contributed by atoms with Crippen molar-refractivity contribution < 1.29 is 24.3 Å². The Kier molecular flexibility index (Phi) is 9.10. The smallest absolute Gasteiger partial charge is 0.326 e. The second-order valence-corrected chi connectivity index (χ2v) is 7.06. The number of amides is 3. The van der Waals surface area contributed by atoms with Crippen molar-refractivity contribution in [2.45, 2.75) is 51.2 Å². The number of aliphatic carboxylic acids is 1. The topological polar surface area (TPSA) is 165 Å². The van der Waals surface area contributed by atoms with Gasteiger partial charge < -0.3 is 27.2 Å². The summed E-state index contributed by atoms with van der Waals surface area (Å²) in [5, 5.41) is 14.0. The fourth-order valence-corrected chi connectivity index (χ4v) is 2.62. The van der Waals surface area contributed by atoms with Crippen LogP contribution >= 0.6 is 0 Å². The van der Waals surface area contributed by atoms with Gasteiger partial charge in [0.25, 0.3) is 0 Å². The van der Waals surface area contributed by atoms with Gasteiger partial charge in [0, 0.05) is 0 Å². The predicted octanol–water partition coefficient (Wildman–Crippen LogP) is -0.468. The molecule has 0 heterocycles. The number of carboxylic acids is 1. The molecule has 0 radical (unpaired) electrons. The third kappa shape index (κ3) is 8.17. The Bertz CT molecular complexity index is 693. The highest BCUT2D eigenvalue weighted by atomic mass is 16.4. The number of carboxylic acid groups (broad SMARTS) is 1. The van der Waals surface area contributed by atoms with Gasteiger partial charge in [-0.25, -0.2) is 4.79 Å². The van der Waals surface area contributed by atoms with Gasteiger partial charge >= 0.3 is 5.97 Å². The third-order valence-electron chi connectivity index (χ3n) is 4.00. The highest BCUT2D eigenvalue weighted by Gasteiger charge is 2.29. The van der Waals surface area contributed by atoms with Gasteiger partial charge in [0.15, 0.2) is 0 Å². The van der Waals surface area contributed by atoms with Gasteiger partial charge in [-0.15, -0.1) is 0 Å². The molecule has 0 spiro atoms. The molecule has 1 rings (SSSR count). The molecule has 0 saturated carbocycles. The molecule has 0 saturated heterocycles. The maximum Gasteiger partial charge on any atom is 0.326 e. The number of carbonyl (C=O) groups is 4. The second kappa shape index (κ2) is 11.0. The molecule has 3 atom stereocenters.